The second-order valence-corrected chi connectivity index (χ2v) is 13.3. The number of H-pyrrole nitrogens is 1. The molecule has 1 atom stereocenters. The minimum Gasteiger partial charge on any atom is -0.390 e. The van der Waals surface area contributed by atoms with Gasteiger partial charge in [0.05, 0.1) is 23.9 Å². The molecule has 43 heavy (non-hydrogen) atoms. The van der Waals surface area contributed by atoms with Crippen LogP contribution in [0.4, 0.5) is 13.2 Å². The molecule has 4 aromatic rings. The third-order valence-electron chi connectivity index (χ3n) is 8.50. The molecule has 2 aromatic heterocycles. The average molecular weight is 637 g/mol. The van der Waals surface area contributed by atoms with Gasteiger partial charge in [0.2, 0.25) is 0 Å². The van der Waals surface area contributed by atoms with E-state index in [1.165, 1.54) is 17.7 Å². The predicted molar refractivity (Wildman–Crippen MR) is 158 cm³/mol. The highest BCUT2D eigenvalue weighted by Gasteiger charge is 2.33. The van der Waals surface area contributed by atoms with E-state index < -0.39 is 28.1 Å². The summed E-state index contributed by atoms with van der Waals surface area (Å²) in [6, 6.07) is 10.4. The Bertz CT molecular complexity index is 1730. The number of β-amino-alcohol motifs (C(OH)–C–C–N with tert-alkyl or cyclic N) is 1. The molecule has 0 amide bonds. The van der Waals surface area contributed by atoms with E-state index in [2.05, 4.69) is 21.2 Å². The van der Waals surface area contributed by atoms with Gasteiger partial charge in [0.1, 0.15) is 0 Å². The fraction of sp³-hybridized carbons (Fsp3) is 0.414. The van der Waals surface area contributed by atoms with Crippen molar-refractivity contribution in [3.8, 4) is 11.3 Å². The van der Waals surface area contributed by atoms with Gasteiger partial charge in [-0.1, -0.05) is 23.7 Å². The Hall–Kier alpha value is -2.94. The Morgan fingerprint density at radius 1 is 1.09 bits per heavy atom. The van der Waals surface area contributed by atoms with Gasteiger partial charge < -0.3 is 15.0 Å². The molecule has 4 N–H and O–H groups in total. The highest BCUT2D eigenvalue weighted by molar-refractivity contribution is 7.86. The molecule has 230 valence electrons. The van der Waals surface area contributed by atoms with E-state index in [0.29, 0.717) is 40.7 Å². The second-order valence-electron chi connectivity index (χ2n) is 11.3. The molecule has 9 nitrogen and oxygen atoms in total. The number of piperidine rings is 1. The van der Waals surface area contributed by atoms with Crippen molar-refractivity contribution >= 4 is 32.7 Å². The van der Waals surface area contributed by atoms with Crippen LogP contribution in [0, 0.1) is 0 Å². The smallest absolute Gasteiger partial charge is 0.390 e. The first-order chi connectivity index (χ1) is 20.4. The van der Waals surface area contributed by atoms with Crippen LogP contribution in [0.15, 0.2) is 48.7 Å². The van der Waals surface area contributed by atoms with Gasteiger partial charge in [-0.15, -0.1) is 0 Å². The molecule has 2 aliphatic heterocycles. The first-order valence-corrected chi connectivity index (χ1v) is 16.0. The van der Waals surface area contributed by atoms with Crippen LogP contribution >= 0.6 is 11.6 Å². The van der Waals surface area contributed by atoms with Crippen molar-refractivity contribution in [2.45, 2.75) is 50.6 Å². The second kappa shape index (κ2) is 11.5. The summed E-state index contributed by atoms with van der Waals surface area (Å²) in [5, 5.41) is 23.0. The van der Waals surface area contributed by atoms with Crippen molar-refractivity contribution in [2.75, 3.05) is 26.2 Å². The van der Waals surface area contributed by atoms with Gasteiger partial charge in [-0.25, -0.2) is 5.14 Å². The van der Waals surface area contributed by atoms with Crippen molar-refractivity contribution in [2.24, 2.45) is 5.14 Å². The predicted octanol–water partition coefficient (Wildman–Crippen LogP) is 4.51. The number of aromatic nitrogens is 3. The Morgan fingerprint density at radius 2 is 1.81 bits per heavy atom. The Balaban J connectivity index is 1.16. The van der Waals surface area contributed by atoms with Gasteiger partial charge in [0, 0.05) is 65.0 Å². The first kappa shape index (κ1) is 30.1. The SMILES string of the molecule is NS(=O)(=O)N1CCc2c(c(-c3ccc(C(F)(F)F)cc3)nn2CC(O)CN2CCC(c3c[nH]c4ccc(Cl)cc34)CC2)C1. The van der Waals surface area contributed by atoms with E-state index in [0.717, 1.165) is 59.0 Å². The van der Waals surface area contributed by atoms with Crippen LogP contribution < -0.4 is 5.14 Å². The summed E-state index contributed by atoms with van der Waals surface area (Å²) in [6.45, 7) is 2.32. The fourth-order valence-electron chi connectivity index (χ4n) is 6.32. The maximum Gasteiger partial charge on any atom is 0.416 e. The van der Waals surface area contributed by atoms with Crippen LogP contribution in [0.5, 0.6) is 0 Å². The number of alkyl halides is 3. The number of hydrogen-bond donors (Lipinski definition) is 3. The average Bonchev–Trinajstić information content (AvgIpc) is 3.53. The summed E-state index contributed by atoms with van der Waals surface area (Å²) < 4.78 is 66.4. The molecule has 6 rings (SSSR count). The summed E-state index contributed by atoms with van der Waals surface area (Å²) >= 11 is 6.23. The van der Waals surface area contributed by atoms with Gasteiger partial charge in [0.15, 0.2) is 0 Å². The van der Waals surface area contributed by atoms with E-state index >= 15 is 0 Å². The number of halogens is 4. The number of aliphatic hydroxyl groups excluding tert-OH is 1. The highest BCUT2D eigenvalue weighted by Crippen LogP contribution is 2.36. The van der Waals surface area contributed by atoms with Gasteiger partial charge in [-0.3, -0.25) is 4.68 Å². The van der Waals surface area contributed by atoms with Gasteiger partial charge in [-0.2, -0.15) is 31.0 Å². The number of nitrogens with two attached hydrogens (primary N) is 1. The quantitative estimate of drug-likeness (QED) is 0.276. The normalized spacial score (nSPS) is 18.3. The molecule has 0 aliphatic carbocycles. The van der Waals surface area contributed by atoms with Crippen LogP contribution in [0.3, 0.4) is 0 Å². The maximum absolute atomic E-state index is 13.1. The molecular weight excluding hydrogens is 605 g/mol. The Morgan fingerprint density at radius 3 is 2.49 bits per heavy atom. The lowest BCUT2D eigenvalue weighted by Crippen LogP contribution is -2.41. The van der Waals surface area contributed by atoms with Crippen molar-refractivity contribution in [3.63, 3.8) is 0 Å². The lowest BCUT2D eigenvalue weighted by molar-refractivity contribution is -0.137. The lowest BCUT2D eigenvalue weighted by Gasteiger charge is -2.33. The van der Waals surface area contributed by atoms with E-state index in [1.54, 1.807) is 4.68 Å². The summed E-state index contributed by atoms with van der Waals surface area (Å²) in [4.78, 5) is 5.55. The van der Waals surface area contributed by atoms with Crippen molar-refractivity contribution in [1.29, 1.82) is 0 Å². The molecule has 4 heterocycles. The van der Waals surface area contributed by atoms with E-state index in [4.69, 9.17) is 16.7 Å². The molecule has 1 saturated heterocycles. The zero-order valence-corrected chi connectivity index (χ0v) is 24.8. The minimum atomic E-state index is -4.48. The highest BCUT2D eigenvalue weighted by atomic mass is 35.5. The largest absolute Gasteiger partial charge is 0.416 e. The fourth-order valence-corrected chi connectivity index (χ4v) is 7.14. The summed E-state index contributed by atoms with van der Waals surface area (Å²) in [6.07, 6.45) is -1.00. The number of rotatable bonds is 7. The van der Waals surface area contributed by atoms with Crippen LogP contribution in [0.25, 0.3) is 22.2 Å². The van der Waals surface area contributed by atoms with Crippen LogP contribution in [-0.4, -0.2) is 69.8 Å². The van der Waals surface area contributed by atoms with Crippen LogP contribution in [0.1, 0.15) is 41.1 Å². The topological polar surface area (TPSA) is 120 Å². The van der Waals surface area contributed by atoms with E-state index in [1.807, 2.05) is 18.2 Å². The van der Waals surface area contributed by atoms with Crippen LogP contribution in [0.2, 0.25) is 5.02 Å². The molecule has 1 unspecified atom stereocenters. The van der Waals surface area contributed by atoms with Crippen molar-refractivity contribution < 1.29 is 26.7 Å². The maximum atomic E-state index is 13.1. The standard InChI is InChI=1S/C29H32ClF3N6O3S/c30-21-5-6-26-23(13-21)24(14-35-26)18-7-10-37(11-8-18)15-22(40)16-39-27-9-12-38(43(34,41)42)17-25(27)28(36-39)19-1-3-20(4-2-19)29(31,32)33/h1-6,13-14,18,22,35,40H,7-12,15-17H2,(H2,34,41,42). The van der Waals surface area contributed by atoms with Gasteiger partial charge >= 0.3 is 6.18 Å². The van der Waals surface area contributed by atoms with E-state index in [-0.39, 0.29) is 19.6 Å². The molecule has 0 radical (unpaired) electrons. The van der Waals surface area contributed by atoms with Gasteiger partial charge in [0.25, 0.3) is 10.2 Å². The Kier molecular flexibility index (Phi) is 8.07. The number of aliphatic hydroxyl groups is 1. The number of aromatic amines is 1. The molecule has 2 aromatic carbocycles. The zero-order valence-electron chi connectivity index (χ0n) is 23.2. The van der Waals surface area contributed by atoms with Crippen molar-refractivity contribution in [3.05, 3.63) is 76.1 Å². The molecule has 2 aliphatic rings. The van der Waals surface area contributed by atoms with Crippen molar-refractivity contribution in [1.82, 2.24) is 24.0 Å². The third kappa shape index (κ3) is 6.33. The molecule has 0 saturated carbocycles. The summed E-state index contributed by atoms with van der Waals surface area (Å²) in [5.41, 5.74) is 3.65. The monoisotopic (exact) mass is 636 g/mol. The molecule has 0 spiro atoms. The molecule has 1 fully saturated rings. The number of hydrogen-bond acceptors (Lipinski definition) is 5. The number of nitrogens with one attached hydrogen (secondary N) is 1. The summed E-state index contributed by atoms with van der Waals surface area (Å²) in [5.74, 6) is 0.381. The van der Waals surface area contributed by atoms with Gasteiger partial charge in [-0.05, 0) is 67.7 Å². The molecule has 14 heteroatoms. The summed E-state index contributed by atoms with van der Waals surface area (Å²) in [7, 11) is -3.98. The molecular formula is C29H32ClF3N6O3S. The first-order valence-electron chi connectivity index (χ1n) is 14.1. The third-order valence-corrected chi connectivity index (χ3v) is 9.77. The van der Waals surface area contributed by atoms with E-state index in [9.17, 15) is 26.7 Å². The number of nitrogens with zero attached hydrogens (tertiary/aromatic N) is 4. The number of fused-ring (bicyclic) bond motifs is 2. The Labute approximate surface area is 252 Å². The number of likely N-dealkylation sites (tertiary alicyclic amines) is 1. The zero-order chi connectivity index (χ0) is 30.5. The molecule has 0 bridgehead atoms. The van der Waals surface area contributed by atoms with Crippen LogP contribution in [-0.2, 0) is 35.9 Å². The minimum absolute atomic E-state index is 0.0484. The number of benzene rings is 2. The lowest BCUT2D eigenvalue weighted by atomic mass is 9.89.